The number of ether oxygens (including phenoxy) is 1. The van der Waals surface area contributed by atoms with Crippen molar-refractivity contribution in [2.75, 3.05) is 25.1 Å². The Labute approximate surface area is 158 Å². The minimum Gasteiger partial charge on any atom is -0.497 e. The Morgan fingerprint density at radius 1 is 1.31 bits per heavy atom. The molecule has 0 radical (unpaired) electrons. The van der Waals surface area contributed by atoms with Crippen molar-refractivity contribution in [3.05, 3.63) is 30.0 Å². The van der Waals surface area contributed by atoms with Crippen LogP contribution < -0.4 is 9.64 Å². The topological polar surface area (TPSA) is 45.7 Å². The predicted molar refractivity (Wildman–Crippen MR) is 105 cm³/mol. The van der Waals surface area contributed by atoms with E-state index in [1.54, 1.807) is 18.4 Å². The Hall–Kier alpha value is -2.08. The minimum atomic E-state index is -0.0961. The molecule has 1 aromatic heterocycles. The van der Waals surface area contributed by atoms with E-state index in [1.807, 2.05) is 23.1 Å². The smallest absolute Gasteiger partial charge is 0.245 e. The molecule has 2 aliphatic rings. The van der Waals surface area contributed by atoms with Gasteiger partial charge in [-0.2, -0.15) is 0 Å². The van der Waals surface area contributed by atoms with Crippen LogP contribution in [0.5, 0.6) is 5.75 Å². The van der Waals surface area contributed by atoms with Crippen molar-refractivity contribution in [1.29, 1.82) is 0 Å². The fraction of sp³-hybridized carbons (Fsp3) is 0.500. The Balaban J connectivity index is 1.63. The molecule has 2 aliphatic heterocycles. The molecule has 4 rings (SSSR count). The van der Waals surface area contributed by atoms with E-state index < -0.39 is 0 Å². The van der Waals surface area contributed by atoms with Gasteiger partial charge >= 0.3 is 0 Å². The molecule has 138 valence electrons. The Morgan fingerprint density at radius 3 is 2.77 bits per heavy atom. The van der Waals surface area contributed by atoms with Crippen LogP contribution in [-0.4, -0.2) is 48.1 Å². The van der Waals surface area contributed by atoms with Gasteiger partial charge in [-0.3, -0.25) is 4.79 Å². The van der Waals surface area contributed by atoms with Crippen molar-refractivity contribution in [1.82, 2.24) is 9.88 Å². The third-order valence-electron chi connectivity index (χ3n) is 5.21. The number of fused-ring (bicyclic) bond motifs is 1. The summed E-state index contributed by atoms with van der Waals surface area (Å²) in [6, 6.07) is 8.17. The molecule has 26 heavy (non-hydrogen) atoms. The maximum Gasteiger partial charge on any atom is 0.245 e. The molecule has 1 saturated heterocycles. The fourth-order valence-corrected chi connectivity index (χ4v) is 5.20. The van der Waals surface area contributed by atoms with E-state index in [0.29, 0.717) is 6.42 Å². The SMILES string of the molecule is COc1cccc(-c2nc3c(s2)N(C(C)C)C(C(=O)N2CCCC2)C3)c1. The van der Waals surface area contributed by atoms with Gasteiger partial charge in [0, 0.05) is 31.1 Å². The second-order valence-corrected chi connectivity index (χ2v) is 8.23. The maximum atomic E-state index is 13.0. The quantitative estimate of drug-likeness (QED) is 0.824. The lowest BCUT2D eigenvalue weighted by Gasteiger charge is -2.32. The van der Waals surface area contributed by atoms with Crippen molar-refractivity contribution >= 4 is 22.2 Å². The van der Waals surface area contributed by atoms with Gasteiger partial charge in [-0.15, -0.1) is 0 Å². The van der Waals surface area contributed by atoms with Crippen LogP contribution in [0.25, 0.3) is 10.6 Å². The zero-order valence-electron chi connectivity index (χ0n) is 15.6. The van der Waals surface area contributed by atoms with E-state index in [9.17, 15) is 4.79 Å². The molecule has 1 aromatic carbocycles. The first-order valence-electron chi connectivity index (χ1n) is 9.29. The summed E-state index contributed by atoms with van der Waals surface area (Å²) in [4.78, 5) is 22.2. The number of hydrogen-bond donors (Lipinski definition) is 0. The highest BCUT2D eigenvalue weighted by Crippen LogP contribution is 2.43. The predicted octanol–water partition coefficient (Wildman–Crippen LogP) is 3.58. The number of likely N-dealkylation sites (tertiary alicyclic amines) is 1. The highest BCUT2D eigenvalue weighted by Gasteiger charge is 2.41. The number of aromatic nitrogens is 1. The molecule has 6 heteroatoms. The average molecular weight is 372 g/mol. The Morgan fingerprint density at radius 2 is 2.08 bits per heavy atom. The third kappa shape index (κ3) is 2.96. The molecule has 0 N–H and O–H groups in total. The number of nitrogens with zero attached hydrogens (tertiary/aromatic N) is 3. The number of benzene rings is 1. The van der Waals surface area contributed by atoms with Crippen molar-refractivity contribution in [2.24, 2.45) is 0 Å². The Kier molecular flexibility index (Phi) is 4.61. The molecule has 0 aliphatic carbocycles. The fourth-order valence-electron chi connectivity index (χ4n) is 3.93. The number of amides is 1. The van der Waals surface area contributed by atoms with Gasteiger partial charge in [0.2, 0.25) is 5.91 Å². The highest BCUT2D eigenvalue weighted by molar-refractivity contribution is 7.19. The van der Waals surface area contributed by atoms with Crippen LogP contribution >= 0.6 is 11.3 Å². The summed E-state index contributed by atoms with van der Waals surface area (Å²) in [5.41, 5.74) is 2.12. The van der Waals surface area contributed by atoms with Crippen molar-refractivity contribution < 1.29 is 9.53 Å². The third-order valence-corrected chi connectivity index (χ3v) is 6.37. The number of anilines is 1. The van der Waals surface area contributed by atoms with E-state index in [2.05, 4.69) is 24.8 Å². The van der Waals surface area contributed by atoms with Crippen LogP contribution in [0.3, 0.4) is 0 Å². The van der Waals surface area contributed by atoms with Crippen LogP contribution in [0.15, 0.2) is 24.3 Å². The lowest BCUT2D eigenvalue weighted by atomic mass is 10.1. The number of carbonyl (C=O) groups is 1. The number of carbonyl (C=O) groups excluding carboxylic acids is 1. The summed E-state index contributed by atoms with van der Waals surface area (Å²) in [5, 5.41) is 2.14. The highest BCUT2D eigenvalue weighted by atomic mass is 32.1. The Bertz CT molecular complexity index is 811. The lowest BCUT2D eigenvalue weighted by Crippen LogP contribution is -2.49. The van der Waals surface area contributed by atoms with E-state index in [-0.39, 0.29) is 18.0 Å². The summed E-state index contributed by atoms with van der Waals surface area (Å²) < 4.78 is 5.33. The normalized spacial score (nSPS) is 19.3. The number of thiazole rings is 1. The van der Waals surface area contributed by atoms with Gasteiger partial charge in [0.15, 0.2) is 0 Å². The van der Waals surface area contributed by atoms with E-state index in [0.717, 1.165) is 52.9 Å². The zero-order chi connectivity index (χ0) is 18.3. The molecule has 0 bridgehead atoms. The largest absolute Gasteiger partial charge is 0.497 e. The molecule has 0 spiro atoms. The molecule has 2 aromatic rings. The van der Waals surface area contributed by atoms with Gasteiger partial charge < -0.3 is 14.5 Å². The zero-order valence-corrected chi connectivity index (χ0v) is 16.4. The van der Waals surface area contributed by atoms with Gasteiger partial charge in [0.05, 0.1) is 12.8 Å². The number of hydrogen-bond acceptors (Lipinski definition) is 5. The molecular formula is C20H25N3O2S. The van der Waals surface area contributed by atoms with Crippen molar-refractivity contribution in [2.45, 2.75) is 45.2 Å². The number of rotatable bonds is 4. The monoisotopic (exact) mass is 371 g/mol. The van der Waals surface area contributed by atoms with E-state index >= 15 is 0 Å². The van der Waals surface area contributed by atoms with Crippen LogP contribution in [0.2, 0.25) is 0 Å². The lowest BCUT2D eigenvalue weighted by molar-refractivity contribution is -0.131. The van der Waals surface area contributed by atoms with Crippen LogP contribution in [0.4, 0.5) is 5.00 Å². The summed E-state index contributed by atoms with van der Waals surface area (Å²) in [5.74, 6) is 1.10. The summed E-state index contributed by atoms with van der Waals surface area (Å²) in [6.07, 6.45) is 2.96. The number of methoxy groups -OCH3 is 1. The molecule has 1 amide bonds. The van der Waals surface area contributed by atoms with Gasteiger partial charge in [0.1, 0.15) is 21.8 Å². The van der Waals surface area contributed by atoms with Crippen molar-refractivity contribution in [3.8, 4) is 16.3 Å². The van der Waals surface area contributed by atoms with Crippen LogP contribution in [-0.2, 0) is 11.2 Å². The van der Waals surface area contributed by atoms with E-state index in [4.69, 9.17) is 9.72 Å². The van der Waals surface area contributed by atoms with Gasteiger partial charge in [0.25, 0.3) is 0 Å². The first-order valence-corrected chi connectivity index (χ1v) is 10.1. The molecule has 0 saturated carbocycles. The summed E-state index contributed by atoms with van der Waals surface area (Å²) in [7, 11) is 1.68. The molecule has 1 atom stereocenters. The first kappa shape index (κ1) is 17.3. The summed E-state index contributed by atoms with van der Waals surface area (Å²) in [6.45, 7) is 6.11. The van der Waals surface area contributed by atoms with Crippen LogP contribution in [0, 0.1) is 0 Å². The molecular weight excluding hydrogens is 346 g/mol. The maximum absolute atomic E-state index is 13.0. The molecule has 5 nitrogen and oxygen atoms in total. The second-order valence-electron chi connectivity index (χ2n) is 7.26. The van der Waals surface area contributed by atoms with Gasteiger partial charge in [-0.25, -0.2) is 4.98 Å². The minimum absolute atomic E-state index is 0.0961. The second kappa shape index (κ2) is 6.91. The standard InChI is InChI=1S/C20H25N3O2S/c1-13(2)23-17(19(24)22-9-4-5-10-22)12-16-20(23)26-18(21-16)14-7-6-8-15(11-14)25-3/h6-8,11,13,17H,4-5,9-10,12H2,1-3H3. The van der Waals surface area contributed by atoms with Crippen LogP contribution in [0.1, 0.15) is 32.4 Å². The van der Waals surface area contributed by atoms with Gasteiger partial charge in [-0.05, 0) is 38.8 Å². The average Bonchev–Trinajstić information content (AvgIpc) is 3.36. The summed E-state index contributed by atoms with van der Waals surface area (Å²) >= 11 is 1.68. The molecule has 1 unspecified atom stereocenters. The first-order chi connectivity index (χ1) is 12.6. The molecule has 1 fully saturated rings. The van der Waals surface area contributed by atoms with Crippen molar-refractivity contribution in [3.63, 3.8) is 0 Å². The van der Waals surface area contributed by atoms with Gasteiger partial charge in [-0.1, -0.05) is 23.5 Å². The van der Waals surface area contributed by atoms with E-state index in [1.165, 1.54) is 0 Å². The molecule has 3 heterocycles.